The summed E-state index contributed by atoms with van der Waals surface area (Å²) in [5, 5.41) is 1.08. The molecule has 1 aromatic heterocycles. The first-order valence-electron chi connectivity index (χ1n) is 5.14. The van der Waals surface area contributed by atoms with Crippen LogP contribution in [-0.4, -0.2) is 47.9 Å². The van der Waals surface area contributed by atoms with Gasteiger partial charge in [-0.15, -0.1) is 0 Å². The summed E-state index contributed by atoms with van der Waals surface area (Å²) in [6.45, 7) is 1.65. The second-order valence-electron chi connectivity index (χ2n) is 3.33. The zero-order chi connectivity index (χ0) is 12.7. The third kappa shape index (κ3) is 4.26. The predicted molar refractivity (Wildman–Crippen MR) is 70.8 cm³/mol. The number of ether oxygens (including phenoxy) is 1. The Labute approximate surface area is 114 Å². The fourth-order valence-corrected chi connectivity index (χ4v) is 1.97. The van der Waals surface area contributed by atoms with E-state index >= 15 is 0 Å². The summed E-state index contributed by atoms with van der Waals surface area (Å²) >= 11 is 9.27. The molecule has 0 aliphatic rings. The lowest BCUT2D eigenvalue weighted by Gasteiger charge is -2.21. The largest absolute Gasteiger partial charge is 0.383 e. The van der Waals surface area contributed by atoms with Crippen molar-refractivity contribution in [3.63, 3.8) is 0 Å². The van der Waals surface area contributed by atoms with E-state index in [1.807, 2.05) is 0 Å². The Morgan fingerprint density at radius 2 is 2.35 bits per heavy atom. The van der Waals surface area contributed by atoms with Crippen LogP contribution in [0.3, 0.4) is 0 Å². The summed E-state index contributed by atoms with van der Waals surface area (Å²) in [5.74, 6) is -0.103. The second kappa shape index (κ2) is 7.63. The number of rotatable bonds is 6. The highest BCUT2D eigenvalue weighted by molar-refractivity contribution is 9.09. The van der Waals surface area contributed by atoms with Crippen molar-refractivity contribution in [1.29, 1.82) is 0 Å². The molecule has 0 spiro atoms. The van der Waals surface area contributed by atoms with Crippen LogP contribution < -0.4 is 0 Å². The molecule has 17 heavy (non-hydrogen) atoms. The lowest BCUT2D eigenvalue weighted by Crippen LogP contribution is -2.35. The zero-order valence-electron chi connectivity index (χ0n) is 9.53. The van der Waals surface area contributed by atoms with Gasteiger partial charge in [0.15, 0.2) is 0 Å². The maximum Gasteiger partial charge on any atom is 0.255 e. The number of carbonyl (C=O) groups excluding carboxylic acids is 1. The highest BCUT2D eigenvalue weighted by Gasteiger charge is 2.17. The monoisotopic (exact) mass is 320 g/mol. The van der Waals surface area contributed by atoms with E-state index in [0.29, 0.717) is 35.6 Å². The first-order valence-corrected chi connectivity index (χ1v) is 6.64. The first-order chi connectivity index (χ1) is 8.20. The molecule has 1 amide bonds. The van der Waals surface area contributed by atoms with Gasteiger partial charge >= 0.3 is 0 Å². The lowest BCUT2D eigenvalue weighted by atomic mass is 10.2. The van der Waals surface area contributed by atoms with E-state index in [4.69, 9.17) is 16.3 Å². The maximum absolute atomic E-state index is 12.2. The van der Waals surface area contributed by atoms with Crippen molar-refractivity contribution in [2.24, 2.45) is 0 Å². The van der Waals surface area contributed by atoms with Crippen molar-refractivity contribution in [1.82, 2.24) is 9.88 Å². The molecule has 0 aliphatic carbocycles. The number of nitrogens with zero attached hydrogens (tertiary/aromatic N) is 2. The molecule has 94 valence electrons. The fraction of sp³-hybridized carbons (Fsp3) is 0.455. The van der Waals surface area contributed by atoms with Crippen molar-refractivity contribution >= 4 is 33.4 Å². The molecule has 6 heteroatoms. The summed E-state index contributed by atoms with van der Waals surface area (Å²) in [6.07, 6.45) is 3.03. The highest BCUT2D eigenvalue weighted by atomic mass is 79.9. The van der Waals surface area contributed by atoms with Gasteiger partial charge in [0, 0.05) is 37.9 Å². The Hall–Kier alpha value is -0.650. The number of hydrogen-bond acceptors (Lipinski definition) is 3. The Morgan fingerprint density at radius 1 is 1.59 bits per heavy atom. The van der Waals surface area contributed by atoms with Crippen LogP contribution in [-0.2, 0) is 4.74 Å². The molecule has 0 fully saturated rings. The number of pyridine rings is 1. The van der Waals surface area contributed by atoms with E-state index in [2.05, 4.69) is 20.9 Å². The Balaban J connectivity index is 2.80. The molecule has 0 N–H and O–H groups in total. The topological polar surface area (TPSA) is 42.4 Å². The second-order valence-corrected chi connectivity index (χ2v) is 4.53. The Morgan fingerprint density at radius 3 is 2.94 bits per heavy atom. The third-order valence-electron chi connectivity index (χ3n) is 2.21. The van der Waals surface area contributed by atoms with Gasteiger partial charge in [-0.3, -0.25) is 9.78 Å². The molecule has 4 nitrogen and oxygen atoms in total. The normalized spacial score (nSPS) is 10.3. The third-order valence-corrected chi connectivity index (χ3v) is 2.87. The highest BCUT2D eigenvalue weighted by Crippen LogP contribution is 2.15. The molecule has 0 unspecified atom stereocenters. The molecule has 0 bridgehead atoms. The van der Waals surface area contributed by atoms with Crippen molar-refractivity contribution in [2.75, 3.05) is 32.1 Å². The maximum atomic E-state index is 12.2. The number of alkyl halides is 1. The molecule has 1 rings (SSSR count). The van der Waals surface area contributed by atoms with E-state index in [0.717, 1.165) is 0 Å². The quantitative estimate of drug-likeness (QED) is 0.755. The van der Waals surface area contributed by atoms with E-state index in [1.165, 1.54) is 6.20 Å². The summed E-state index contributed by atoms with van der Waals surface area (Å²) in [6, 6.07) is 1.62. The first kappa shape index (κ1) is 14.4. The van der Waals surface area contributed by atoms with Crippen molar-refractivity contribution in [3.05, 3.63) is 29.0 Å². The standard InChI is InChI=1S/C11H14BrClN2O2/c1-17-7-6-15(5-3-12)11(16)9-2-4-14-8-10(9)13/h2,4,8H,3,5-7H2,1H3. The van der Waals surface area contributed by atoms with Crippen molar-refractivity contribution < 1.29 is 9.53 Å². The van der Waals surface area contributed by atoms with Gasteiger partial charge in [-0.1, -0.05) is 27.5 Å². The van der Waals surface area contributed by atoms with Crippen LogP contribution in [0.15, 0.2) is 18.5 Å². The molecular formula is C11H14BrClN2O2. The van der Waals surface area contributed by atoms with E-state index in [9.17, 15) is 4.79 Å². The van der Waals surface area contributed by atoms with Crippen LogP contribution in [0.25, 0.3) is 0 Å². The predicted octanol–water partition coefficient (Wildman–Crippen LogP) is 2.22. The van der Waals surface area contributed by atoms with E-state index in [1.54, 1.807) is 24.3 Å². The zero-order valence-corrected chi connectivity index (χ0v) is 11.9. The summed E-state index contributed by atoms with van der Waals surface area (Å²) < 4.78 is 4.98. The fourth-order valence-electron chi connectivity index (χ4n) is 1.34. The number of halogens is 2. The molecule has 0 aliphatic heterocycles. The summed E-state index contributed by atoms with van der Waals surface area (Å²) in [4.78, 5) is 17.8. The van der Waals surface area contributed by atoms with Gasteiger partial charge in [-0.2, -0.15) is 0 Å². The van der Waals surface area contributed by atoms with Gasteiger partial charge in [-0.05, 0) is 6.07 Å². The van der Waals surface area contributed by atoms with Gasteiger partial charge in [0.2, 0.25) is 0 Å². The number of carbonyl (C=O) groups is 1. The average molecular weight is 322 g/mol. The SMILES string of the molecule is COCCN(CCBr)C(=O)c1ccncc1Cl. The van der Waals surface area contributed by atoms with Crippen LogP contribution in [0, 0.1) is 0 Å². The van der Waals surface area contributed by atoms with Gasteiger partial charge < -0.3 is 9.64 Å². The van der Waals surface area contributed by atoms with E-state index in [-0.39, 0.29) is 5.91 Å². The van der Waals surface area contributed by atoms with Crippen LogP contribution in [0.5, 0.6) is 0 Å². The number of amides is 1. The number of methoxy groups -OCH3 is 1. The molecular weight excluding hydrogens is 307 g/mol. The van der Waals surface area contributed by atoms with Crippen LogP contribution in [0.1, 0.15) is 10.4 Å². The Kier molecular flexibility index (Phi) is 6.47. The minimum absolute atomic E-state index is 0.103. The minimum Gasteiger partial charge on any atom is -0.383 e. The average Bonchev–Trinajstić information content (AvgIpc) is 2.34. The number of hydrogen-bond donors (Lipinski definition) is 0. The molecule has 0 atom stereocenters. The van der Waals surface area contributed by atoms with Crippen LogP contribution in [0.2, 0.25) is 5.02 Å². The van der Waals surface area contributed by atoms with Crippen LogP contribution >= 0.6 is 27.5 Å². The smallest absolute Gasteiger partial charge is 0.255 e. The molecule has 0 aromatic carbocycles. The molecule has 0 radical (unpaired) electrons. The van der Waals surface area contributed by atoms with Crippen molar-refractivity contribution in [3.8, 4) is 0 Å². The Bertz CT molecular complexity index is 376. The van der Waals surface area contributed by atoms with E-state index < -0.39 is 0 Å². The van der Waals surface area contributed by atoms with Gasteiger partial charge in [-0.25, -0.2) is 0 Å². The van der Waals surface area contributed by atoms with Gasteiger partial charge in [0.25, 0.3) is 5.91 Å². The summed E-state index contributed by atoms with van der Waals surface area (Å²) in [7, 11) is 1.61. The molecule has 1 aromatic rings. The van der Waals surface area contributed by atoms with Gasteiger partial charge in [0.05, 0.1) is 17.2 Å². The molecule has 1 heterocycles. The van der Waals surface area contributed by atoms with Gasteiger partial charge in [0.1, 0.15) is 0 Å². The molecule has 0 saturated heterocycles. The van der Waals surface area contributed by atoms with Crippen LogP contribution in [0.4, 0.5) is 0 Å². The lowest BCUT2D eigenvalue weighted by molar-refractivity contribution is 0.0709. The molecule has 0 saturated carbocycles. The minimum atomic E-state index is -0.103. The summed E-state index contributed by atoms with van der Waals surface area (Å²) in [5.41, 5.74) is 0.471. The van der Waals surface area contributed by atoms with Crippen molar-refractivity contribution in [2.45, 2.75) is 0 Å². The number of aromatic nitrogens is 1.